The molecule has 14 heavy (non-hydrogen) atoms. The minimum absolute atomic E-state index is 0.0342. The fourth-order valence-corrected chi connectivity index (χ4v) is 0.979. The first kappa shape index (κ1) is 10.9. The van der Waals surface area contributed by atoms with E-state index in [0.717, 1.165) is 6.20 Å². The molecule has 1 unspecified atom stereocenters. The quantitative estimate of drug-likeness (QED) is 0.662. The largest absolute Gasteiger partial charge is 0.394 e. The number of hydrogen-bond acceptors (Lipinski definition) is 4. The molecule has 4 nitrogen and oxygen atoms in total. The highest BCUT2D eigenvalue weighted by molar-refractivity contribution is 5.38. The highest BCUT2D eigenvalue weighted by Crippen LogP contribution is 2.11. The van der Waals surface area contributed by atoms with Crippen LogP contribution in [0.5, 0.6) is 0 Å². The first-order valence-electron chi connectivity index (χ1n) is 4.30. The third-order valence-electron chi connectivity index (χ3n) is 1.77. The van der Waals surface area contributed by atoms with Gasteiger partial charge < -0.3 is 15.5 Å². The van der Waals surface area contributed by atoms with Crippen molar-refractivity contribution in [2.24, 2.45) is 0 Å². The van der Waals surface area contributed by atoms with E-state index in [9.17, 15) is 4.39 Å². The van der Waals surface area contributed by atoms with Crippen molar-refractivity contribution in [2.75, 3.05) is 11.9 Å². The molecule has 0 amide bonds. The Labute approximate surface area is 81.4 Å². The van der Waals surface area contributed by atoms with E-state index in [1.807, 2.05) is 0 Å². The summed E-state index contributed by atoms with van der Waals surface area (Å²) in [5, 5.41) is 20.4. The van der Waals surface area contributed by atoms with Crippen LogP contribution >= 0.6 is 0 Å². The number of rotatable bonds is 4. The summed E-state index contributed by atoms with van der Waals surface area (Å²) >= 11 is 0. The molecular weight excluding hydrogens is 187 g/mol. The minimum Gasteiger partial charge on any atom is -0.394 e. The number of aliphatic hydroxyl groups is 2. The second-order valence-corrected chi connectivity index (χ2v) is 3.05. The van der Waals surface area contributed by atoms with Crippen LogP contribution in [0.3, 0.4) is 0 Å². The van der Waals surface area contributed by atoms with E-state index in [1.165, 1.54) is 6.07 Å². The molecule has 0 spiro atoms. The normalized spacial score (nSPS) is 12.6. The van der Waals surface area contributed by atoms with Crippen LogP contribution in [-0.2, 0) is 6.61 Å². The van der Waals surface area contributed by atoms with E-state index in [4.69, 9.17) is 10.2 Å². The number of hydrogen-bond donors (Lipinski definition) is 3. The lowest BCUT2D eigenvalue weighted by Crippen LogP contribution is -2.20. The van der Waals surface area contributed by atoms with Gasteiger partial charge in [0.2, 0.25) is 0 Å². The summed E-state index contributed by atoms with van der Waals surface area (Å²) in [6.07, 6.45) is 1.04. The molecular formula is C9H13FN2O2. The third kappa shape index (κ3) is 2.65. The van der Waals surface area contributed by atoms with E-state index >= 15 is 0 Å². The maximum Gasteiger partial charge on any atom is 0.147 e. The van der Waals surface area contributed by atoms with Crippen molar-refractivity contribution in [1.82, 2.24) is 4.98 Å². The molecule has 0 aromatic carbocycles. The molecule has 78 valence electrons. The maximum absolute atomic E-state index is 12.9. The average molecular weight is 200 g/mol. The van der Waals surface area contributed by atoms with Crippen molar-refractivity contribution in [1.29, 1.82) is 0 Å². The summed E-state index contributed by atoms with van der Waals surface area (Å²) in [6, 6.07) is 1.26. The highest BCUT2D eigenvalue weighted by Gasteiger charge is 2.05. The molecule has 0 fully saturated rings. The Hall–Kier alpha value is -1.20. The Morgan fingerprint density at radius 3 is 2.86 bits per heavy atom. The minimum atomic E-state index is -0.533. The monoisotopic (exact) mass is 200 g/mol. The number of halogens is 1. The molecule has 0 aliphatic carbocycles. The molecule has 0 saturated carbocycles. The van der Waals surface area contributed by atoms with Gasteiger partial charge in [-0.15, -0.1) is 0 Å². The van der Waals surface area contributed by atoms with Gasteiger partial charge in [0.05, 0.1) is 19.4 Å². The summed E-state index contributed by atoms with van der Waals surface area (Å²) in [5.74, 6) is -0.0910. The molecule has 1 heterocycles. The van der Waals surface area contributed by atoms with E-state index < -0.39 is 5.82 Å². The number of anilines is 1. The molecule has 0 saturated heterocycles. The van der Waals surface area contributed by atoms with Crippen LogP contribution in [0.15, 0.2) is 12.3 Å². The number of nitrogens with zero attached hydrogens (tertiary/aromatic N) is 1. The lowest BCUT2D eigenvalue weighted by molar-refractivity contribution is 0.275. The number of aromatic nitrogens is 1. The fraction of sp³-hybridized carbons (Fsp3) is 0.444. The standard InChI is InChI=1S/C9H13FN2O2/c1-6(4-13)12-9-2-7(5-14)8(10)3-11-9/h2-3,6,13-14H,4-5H2,1H3,(H,11,12). The summed E-state index contributed by atoms with van der Waals surface area (Å²) in [4.78, 5) is 3.77. The van der Waals surface area contributed by atoms with E-state index in [1.54, 1.807) is 6.92 Å². The number of aliphatic hydroxyl groups excluding tert-OH is 2. The van der Waals surface area contributed by atoms with Crippen LogP contribution in [0, 0.1) is 5.82 Å². The van der Waals surface area contributed by atoms with Crippen molar-refractivity contribution < 1.29 is 14.6 Å². The Bertz CT molecular complexity index is 307. The van der Waals surface area contributed by atoms with Gasteiger partial charge in [-0.2, -0.15) is 0 Å². The maximum atomic E-state index is 12.9. The highest BCUT2D eigenvalue weighted by atomic mass is 19.1. The summed E-state index contributed by atoms with van der Waals surface area (Å²) in [5.41, 5.74) is 0.188. The van der Waals surface area contributed by atoms with Gasteiger partial charge in [0.25, 0.3) is 0 Å². The first-order valence-corrected chi connectivity index (χ1v) is 4.30. The molecule has 5 heteroatoms. The van der Waals surface area contributed by atoms with Gasteiger partial charge in [0.15, 0.2) is 0 Å². The van der Waals surface area contributed by atoms with Crippen LogP contribution in [0.25, 0.3) is 0 Å². The van der Waals surface area contributed by atoms with Crippen molar-refractivity contribution >= 4 is 5.82 Å². The molecule has 1 rings (SSSR count). The van der Waals surface area contributed by atoms with Gasteiger partial charge in [-0.1, -0.05) is 0 Å². The first-order chi connectivity index (χ1) is 6.67. The second-order valence-electron chi connectivity index (χ2n) is 3.05. The van der Waals surface area contributed by atoms with Crippen molar-refractivity contribution in [3.8, 4) is 0 Å². The Morgan fingerprint density at radius 1 is 1.57 bits per heavy atom. The zero-order valence-corrected chi connectivity index (χ0v) is 7.87. The summed E-state index contributed by atoms with van der Waals surface area (Å²) in [7, 11) is 0. The zero-order valence-electron chi connectivity index (χ0n) is 7.87. The summed E-state index contributed by atoms with van der Waals surface area (Å²) in [6.45, 7) is 1.37. The molecule has 0 aliphatic heterocycles. The van der Waals surface area contributed by atoms with Crippen LogP contribution < -0.4 is 5.32 Å². The predicted octanol–water partition coefficient (Wildman–Crippen LogP) is 0.506. The summed E-state index contributed by atoms with van der Waals surface area (Å²) < 4.78 is 12.9. The molecule has 0 bridgehead atoms. The van der Waals surface area contributed by atoms with Gasteiger partial charge in [-0.3, -0.25) is 0 Å². The molecule has 3 N–H and O–H groups in total. The number of nitrogens with one attached hydrogen (secondary N) is 1. The molecule has 0 radical (unpaired) electrons. The molecule has 1 aromatic heterocycles. The van der Waals surface area contributed by atoms with Crippen molar-refractivity contribution in [3.05, 3.63) is 23.6 Å². The average Bonchev–Trinajstić information content (AvgIpc) is 2.20. The fourth-order valence-electron chi connectivity index (χ4n) is 0.979. The lowest BCUT2D eigenvalue weighted by atomic mass is 10.2. The van der Waals surface area contributed by atoms with Gasteiger partial charge in [0, 0.05) is 11.6 Å². The van der Waals surface area contributed by atoms with E-state index in [2.05, 4.69) is 10.3 Å². The van der Waals surface area contributed by atoms with Crippen LogP contribution in [0.4, 0.5) is 10.2 Å². The van der Waals surface area contributed by atoms with Crippen LogP contribution in [0.1, 0.15) is 12.5 Å². The molecule has 1 atom stereocenters. The van der Waals surface area contributed by atoms with Gasteiger partial charge in [0.1, 0.15) is 11.6 Å². The van der Waals surface area contributed by atoms with Gasteiger partial charge in [-0.25, -0.2) is 9.37 Å². The van der Waals surface area contributed by atoms with Crippen LogP contribution in [0.2, 0.25) is 0 Å². The van der Waals surface area contributed by atoms with E-state index in [0.29, 0.717) is 5.82 Å². The van der Waals surface area contributed by atoms with Crippen molar-refractivity contribution in [3.63, 3.8) is 0 Å². The topological polar surface area (TPSA) is 65.4 Å². The SMILES string of the molecule is CC(CO)Nc1cc(CO)c(F)cn1. The van der Waals surface area contributed by atoms with Crippen LogP contribution in [-0.4, -0.2) is 27.8 Å². The Morgan fingerprint density at radius 2 is 2.29 bits per heavy atom. The molecule has 1 aromatic rings. The number of pyridine rings is 1. The van der Waals surface area contributed by atoms with Crippen molar-refractivity contribution in [2.45, 2.75) is 19.6 Å². The third-order valence-corrected chi connectivity index (χ3v) is 1.77. The lowest BCUT2D eigenvalue weighted by Gasteiger charge is -2.11. The molecule has 0 aliphatic rings. The second kappa shape index (κ2) is 4.88. The smallest absolute Gasteiger partial charge is 0.147 e. The van der Waals surface area contributed by atoms with Gasteiger partial charge >= 0.3 is 0 Å². The van der Waals surface area contributed by atoms with E-state index in [-0.39, 0.29) is 24.8 Å². The Kier molecular flexibility index (Phi) is 3.79. The zero-order chi connectivity index (χ0) is 10.6. The predicted molar refractivity (Wildman–Crippen MR) is 50.3 cm³/mol. The van der Waals surface area contributed by atoms with Gasteiger partial charge in [-0.05, 0) is 13.0 Å². The Balaban J connectivity index is 2.79.